The van der Waals surface area contributed by atoms with Crippen molar-refractivity contribution in [1.82, 2.24) is 15.2 Å². The maximum Gasteiger partial charge on any atom is 0.142 e. The Labute approximate surface area is 236 Å². The molecule has 0 aromatic carbocycles. The third kappa shape index (κ3) is 10.8. The summed E-state index contributed by atoms with van der Waals surface area (Å²) in [4.78, 5) is 15.3. The van der Waals surface area contributed by atoms with Gasteiger partial charge in [-0.05, 0) is 76.0 Å². The van der Waals surface area contributed by atoms with Crippen LogP contribution in [0.3, 0.4) is 0 Å². The lowest BCUT2D eigenvalue weighted by Gasteiger charge is -2.50. The van der Waals surface area contributed by atoms with Crippen LogP contribution >= 0.6 is 9.24 Å². The topological polar surface area (TPSA) is 90.9 Å². The second-order valence-electron chi connectivity index (χ2n) is 10.3. The molecule has 0 bridgehead atoms. The molecule has 0 spiro atoms. The standard InChI is InChI=1S/C30H47FN7P/c1-6-12-30(7-2)20-38(21-30)19-24-10-11-28(35-17-24)36-22-37-29(27(39)16-32)25(15-26(31)18-34-5)14-23(3)9-8-13-33-4/h10-11,14-18,33H,5-9,12-13,19-22,32,39H2,1-4H3,(H,35,36)/b23-14+,25-15+,26-18-,27-16+,37-29-. The number of pyridine rings is 1. The molecule has 4 N–H and O–H groups in total. The highest BCUT2D eigenvalue weighted by Gasteiger charge is 2.40. The van der Waals surface area contributed by atoms with Crippen LogP contribution in [-0.4, -0.2) is 55.7 Å². The molecule has 0 aliphatic carbocycles. The van der Waals surface area contributed by atoms with Crippen molar-refractivity contribution in [3.63, 3.8) is 0 Å². The minimum atomic E-state index is -0.514. The number of aromatic nitrogens is 1. The Hall–Kier alpha value is -2.67. The van der Waals surface area contributed by atoms with Gasteiger partial charge in [-0.3, -0.25) is 14.9 Å². The van der Waals surface area contributed by atoms with Gasteiger partial charge in [-0.1, -0.05) is 38.0 Å². The summed E-state index contributed by atoms with van der Waals surface area (Å²) in [5.41, 5.74) is 9.81. The van der Waals surface area contributed by atoms with Gasteiger partial charge in [0.2, 0.25) is 0 Å². The molecule has 1 unspecified atom stereocenters. The van der Waals surface area contributed by atoms with Gasteiger partial charge in [0.15, 0.2) is 0 Å². The lowest BCUT2D eigenvalue weighted by molar-refractivity contribution is -0.0162. The Balaban J connectivity index is 2.11. The fraction of sp³-hybridized carbons (Fsp3) is 0.500. The molecule has 1 saturated heterocycles. The van der Waals surface area contributed by atoms with Crippen LogP contribution in [0.4, 0.5) is 10.2 Å². The van der Waals surface area contributed by atoms with Crippen molar-refractivity contribution in [1.29, 1.82) is 0 Å². The first kappa shape index (κ1) is 32.5. The molecule has 1 fully saturated rings. The quantitative estimate of drug-likeness (QED) is 0.0955. The zero-order chi connectivity index (χ0) is 28.7. The highest BCUT2D eigenvalue weighted by molar-refractivity contribution is 7.25. The number of aliphatic imine (C=N–C) groups is 2. The molecule has 0 amide bonds. The van der Waals surface area contributed by atoms with Gasteiger partial charge >= 0.3 is 0 Å². The number of rotatable bonds is 17. The number of nitrogens with zero attached hydrogens (tertiary/aromatic N) is 4. The first-order valence-corrected chi connectivity index (χ1v) is 14.4. The van der Waals surface area contributed by atoms with E-state index in [0.29, 0.717) is 22.0 Å². The van der Waals surface area contributed by atoms with Crippen LogP contribution in [0, 0.1) is 5.41 Å². The van der Waals surface area contributed by atoms with Crippen LogP contribution in [-0.2, 0) is 6.54 Å². The predicted molar refractivity (Wildman–Crippen MR) is 169 cm³/mol. The molecule has 7 nitrogen and oxygen atoms in total. The third-order valence-corrected chi connectivity index (χ3v) is 7.48. The maximum absolute atomic E-state index is 14.5. The van der Waals surface area contributed by atoms with Gasteiger partial charge < -0.3 is 16.4 Å². The van der Waals surface area contributed by atoms with Crippen molar-refractivity contribution >= 4 is 27.5 Å². The van der Waals surface area contributed by atoms with Crippen molar-refractivity contribution in [2.45, 2.75) is 59.4 Å². The van der Waals surface area contributed by atoms with Gasteiger partial charge in [0, 0.05) is 42.9 Å². The first-order chi connectivity index (χ1) is 18.8. The molecule has 1 aliphatic heterocycles. The maximum atomic E-state index is 14.5. The van der Waals surface area contributed by atoms with Gasteiger partial charge in [0.25, 0.3) is 0 Å². The van der Waals surface area contributed by atoms with Gasteiger partial charge in [-0.2, -0.15) is 0 Å². The van der Waals surface area contributed by atoms with E-state index < -0.39 is 5.83 Å². The van der Waals surface area contributed by atoms with Crippen LogP contribution in [0.5, 0.6) is 0 Å². The van der Waals surface area contributed by atoms with E-state index in [1.807, 2.05) is 32.3 Å². The summed E-state index contributed by atoms with van der Waals surface area (Å²) < 4.78 is 14.5. The number of anilines is 1. The Morgan fingerprint density at radius 2 is 2.08 bits per heavy atom. The molecular formula is C30H47FN7P. The van der Waals surface area contributed by atoms with Crippen molar-refractivity contribution in [3.05, 3.63) is 70.7 Å². The second-order valence-corrected chi connectivity index (χ2v) is 10.9. The highest BCUT2D eigenvalue weighted by atomic mass is 31.0. The molecule has 1 aromatic rings. The largest absolute Gasteiger partial charge is 0.404 e. The van der Waals surface area contributed by atoms with Gasteiger partial charge in [0.1, 0.15) is 18.3 Å². The van der Waals surface area contributed by atoms with Crippen LogP contribution < -0.4 is 16.4 Å². The SMILES string of the molecule is C=N/C=C(F)/C=C(\C=C(/C)CCCNC)C(=N/CNc1ccc(CN2CC(CC)(CCC)C2)cn1)/C(P)=C\N. The van der Waals surface area contributed by atoms with E-state index in [1.165, 1.54) is 50.2 Å². The minimum Gasteiger partial charge on any atom is -0.404 e. The summed E-state index contributed by atoms with van der Waals surface area (Å²) in [5.74, 6) is 0.215. The van der Waals surface area contributed by atoms with Crippen molar-refractivity contribution in [2.75, 3.05) is 38.7 Å². The van der Waals surface area contributed by atoms with Gasteiger partial charge in [-0.15, -0.1) is 9.24 Å². The number of hydrogen-bond acceptors (Lipinski definition) is 7. The molecule has 0 saturated carbocycles. The molecule has 1 aliphatic rings. The Kier molecular flexibility index (Phi) is 14.3. The number of nitrogens with two attached hydrogens (primary N) is 1. The minimum absolute atomic E-state index is 0.255. The molecule has 1 aromatic heterocycles. The molecule has 2 rings (SSSR count). The smallest absolute Gasteiger partial charge is 0.142 e. The van der Waals surface area contributed by atoms with Crippen molar-refractivity contribution in [2.24, 2.45) is 21.1 Å². The molecule has 214 valence electrons. The van der Waals surface area contributed by atoms with E-state index in [4.69, 9.17) is 10.7 Å². The lowest BCUT2D eigenvalue weighted by Crippen LogP contribution is -2.55. The first-order valence-electron chi connectivity index (χ1n) is 13.8. The van der Waals surface area contributed by atoms with E-state index in [0.717, 1.165) is 43.5 Å². The number of hydrogen-bond donors (Lipinski definition) is 3. The normalized spacial score (nSPS) is 17.2. The second kappa shape index (κ2) is 17.1. The zero-order valence-corrected chi connectivity index (χ0v) is 25.3. The van der Waals surface area contributed by atoms with Crippen LogP contribution in [0.15, 0.2) is 75.2 Å². The highest BCUT2D eigenvalue weighted by Crippen LogP contribution is 2.39. The average Bonchev–Trinajstić information content (AvgIpc) is 2.90. The van der Waals surface area contributed by atoms with Gasteiger partial charge in [-0.25, -0.2) is 9.37 Å². The van der Waals surface area contributed by atoms with Crippen LogP contribution in [0.25, 0.3) is 0 Å². The van der Waals surface area contributed by atoms with Crippen LogP contribution in [0.2, 0.25) is 0 Å². The van der Waals surface area contributed by atoms with E-state index in [1.54, 1.807) is 0 Å². The van der Waals surface area contributed by atoms with Gasteiger partial charge in [0.05, 0.1) is 11.9 Å². The molecule has 39 heavy (non-hydrogen) atoms. The Morgan fingerprint density at radius 1 is 1.31 bits per heavy atom. The fourth-order valence-electron chi connectivity index (χ4n) is 4.94. The number of likely N-dealkylation sites (tertiary alicyclic amines) is 1. The molecule has 0 radical (unpaired) electrons. The average molecular weight is 556 g/mol. The predicted octanol–water partition coefficient (Wildman–Crippen LogP) is 5.96. The Morgan fingerprint density at radius 3 is 2.67 bits per heavy atom. The number of halogens is 1. The van der Waals surface area contributed by atoms with E-state index in [2.05, 4.69) is 61.4 Å². The number of nitrogens with one attached hydrogen (secondary N) is 2. The third-order valence-electron chi connectivity index (χ3n) is 7.01. The zero-order valence-electron chi connectivity index (χ0n) is 24.1. The van der Waals surface area contributed by atoms with Crippen molar-refractivity contribution < 1.29 is 4.39 Å². The summed E-state index contributed by atoms with van der Waals surface area (Å²) >= 11 is 0. The monoisotopic (exact) mass is 555 g/mol. The number of allylic oxidation sites excluding steroid dienone is 6. The molecular weight excluding hydrogens is 508 g/mol. The van der Waals surface area contributed by atoms with E-state index >= 15 is 0 Å². The summed E-state index contributed by atoms with van der Waals surface area (Å²) in [5, 5.41) is 7.05. The van der Waals surface area contributed by atoms with Crippen molar-refractivity contribution in [3.8, 4) is 0 Å². The molecule has 1 atom stereocenters. The van der Waals surface area contributed by atoms with Crippen LogP contribution in [0.1, 0.15) is 58.4 Å². The summed E-state index contributed by atoms with van der Waals surface area (Å²) in [7, 11) is 4.51. The molecule has 9 heteroatoms. The summed E-state index contributed by atoms with van der Waals surface area (Å²) in [6.45, 7) is 14.4. The summed E-state index contributed by atoms with van der Waals surface area (Å²) in [6, 6.07) is 4.09. The van der Waals surface area contributed by atoms with E-state index in [9.17, 15) is 4.39 Å². The van der Waals surface area contributed by atoms with E-state index in [-0.39, 0.29) is 6.67 Å². The lowest BCUT2D eigenvalue weighted by atomic mass is 9.74. The summed E-state index contributed by atoms with van der Waals surface area (Å²) in [6.07, 6.45) is 13.4. The fourth-order valence-corrected chi connectivity index (χ4v) is 5.20. The molecule has 2 heterocycles. The Bertz CT molecular complexity index is 1070.